The lowest BCUT2D eigenvalue weighted by Crippen LogP contribution is -2.30. The van der Waals surface area contributed by atoms with E-state index in [9.17, 15) is 28.2 Å². The summed E-state index contributed by atoms with van der Waals surface area (Å²) in [6.07, 6.45) is -8.38. The molecule has 0 aliphatic heterocycles. The van der Waals surface area contributed by atoms with Crippen molar-refractivity contribution in [3.05, 3.63) is 33.8 Å². The molecule has 20 heavy (non-hydrogen) atoms. The van der Waals surface area contributed by atoms with Crippen molar-refractivity contribution in [2.45, 2.75) is 25.3 Å². The third-order valence-corrected chi connectivity index (χ3v) is 3.19. The van der Waals surface area contributed by atoms with Gasteiger partial charge in [-0.1, -0.05) is 15.9 Å². The second-order valence-corrected chi connectivity index (χ2v) is 4.73. The van der Waals surface area contributed by atoms with Gasteiger partial charge in [-0.05, 0) is 30.7 Å². The molecule has 0 saturated heterocycles. The van der Waals surface area contributed by atoms with E-state index in [4.69, 9.17) is 0 Å². The molecule has 0 saturated carbocycles. The largest absolute Gasteiger partial charge is 0.464 e. The van der Waals surface area contributed by atoms with E-state index in [-0.39, 0.29) is 16.6 Å². The molecule has 0 aliphatic carbocycles. The highest BCUT2D eigenvalue weighted by atomic mass is 79.9. The van der Waals surface area contributed by atoms with Gasteiger partial charge in [0.15, 0.2) is 6.10 Å². The summed E-state index contributed by atoms with van der Waals surface area (Å²) in [7, 11) is 0. The highest BCUT2D eigenvalue weighted by Gasteiger charge is 2.34. The second kappa shape index (κ2) is 6.55. The van der Waals surface area contributed by atoms with Gasteiger partial charge >= 0.3 is 12.1 Å². The Hall–Kier alpha value is -1.12. The molecule has 2 N–H and O–H groups in total. The van der Waals surface area contributed by atoms with Crippen LogP contribution in [0.15, 0.2) is 22.7 Å². The number of alkyl halides is 3. The monoisotopic (exact) mass is 356 g/mol. The predicted octanol–water partition coefficient (Wildman–Crippen LogP) is 2.43. The molecule has 2 unspecified atom stereocenters. The summed E-state index contributed by atoms with van der Waals surface area (Å²) < 4.78 is 42.4. The number of rotatable bonds is 4. The Morgan fingerprint density at radius 3 is 2.50 bits per heavy atom. The summed E-state index contributed by atoms with van der Waals surface area (Å²) in [5.74, 6) is -1.11. The Balaban J connectivity index is 3.09. The van der Waals surface area contributed by atoms with Crippen LogP contribution in [0.2, 0.25) is 0 Å². The topological polar surface area (TPSA) is 66.8 Å². The molecule has 8 heteroatoms. The lowest BCUT2D eigenvalue weighted by molar-refractivity contribution is -0.159. The van der Waals surface area contributed by atoms with Crippen molar-refractivity contribution in [2.75, 3.05) is 6.61 Å². The van der Waals surface area contributed by atoms with E-state index in [0.29, 0.717) is 6.07 Å². The molecule has 0 fully saturated rings. The number of aliphatic hydroxyl groups is 2. The Labute approximate surface area is 121 Å². The third kappa shape index (κ3) is 3.94. The summed E-state index contributed by atoms with van der Waals surface area (Å²) in [6, 6.07) is 2.56. The van der Waals surface area contributed by atoms with Crippen molar-refractivity contribution < 1.29 is 32.9 Å². The van der Waals surface area contributed by atoms with Crippen molar-refractivity contribution in [1.82, 2.24) is 0 Å². The van der Waals surface area contributed by atoms with Gasteiger partial charge in [-0.25, -0.2) is 4.79 Å². The number of benzene rings is 1. The standard InChI is InChI=1S/C12H12BrF3O4/c1-2-20-11(19)10(18)9(17)7-5-6(12(14,15)16)3-4-8(7)13/h3-5,9-10,17-18H,2H2,1H3. The average Bonchev–Trinajstić information content (AvgIpc) is 2.36. The van der Waals surface area contributed by atoms with Crippen LogP contribution in [0.4, 0.5) is 13.2 Å². The van der Waals surface area contributed by atoms with Crippen LogP contribution in [0.1, 0.15) is 24.2 Å². The first-order chi connectivity index (χ1) is 9.18. The average molecular weight is 357 g/mol. The Kier molecular flexibility index (Phi) is 5.55. The zero-order valence-corrected chi connectivity index (χ0v) is 11.9. The van der Waals surface area contributed by atoms with Gasteiger partial charge in [0.2, 0.25) is 0 Å². The number of hydrogen-bond acceptors (Lipinski definition) is 4. The lowest BCUT2D eigenvalue weighted by atomic mass is 10.0. The molecular formula is C12H12BrF3O4. The second-order valence-electron chi connectivity index (χ2n) is 3.88. The van der Waals surface area contributed by atoms with Gasteiger partial charge in [-0.15, -0.1) is 0 Å². The molecule has 0 bridgehead atoms. The van der Waals surface area contributed by atoms with Gasteiger partial charge in [-0.2, -0.15) is 13.2 Å². The first kappa shape index (κ1) is 16.9. The van der Waals surface area contributed by atoms with E-state index >= 15 is 0 Å². The van der Waals surface area contributed by atoms with Crippen LogP contribution in [0.5, 0.6) is 0 Å². The van der Waals surface area contributed by atoms with Crippen LogP contribution in [0, 0.1) is 0 Å². The minimum Gasteiger partial charge on any atom is -0.464 e. The molecule has 0 radical (unpaired) electrons. The van der Waals surface area contributed by atoms with Crippen molar-refractivity contribution in [3.8, 4) is 0 Å². The molecule has 4 nitrogen and oxygen atoms in total. The molecule has 112 valence electrons. The molecular weight excluding hydrogens is 345 g/mol. The molecule has 2 atom stereocenters. The minimum atomic E-state index is -4.59. The van der Waals surface area contributed by atoms with Crippen LogP contribution in [-0.4, -0.2) is 28.9 Å². The summed E-state index contributed by atoms with van der Waals surface area (Å²) in [5.41, 5.74) is -1.24. The number of hydrogen-bond donors (Lipinski definition) is 2. The van der Waals surface area contributed by atoms with Crippen LogP contribution in [0.25, 0.3) is 0 Å². The Morgan fingerprint density at radius 1 is 1.40 bits per heavy atom. The predicted molar refractivity (Wildman–Crippen MR) is 66.7 cm³/mol. The van der Waals surface area contributed by atoms with E-state index in [2.05, 4.69) is 20.7 Å². The van der Waals surface area contributed by atoms with E-state index in [1.54, 1.807) is 0 Å². The SMILES string of the molecule is CCOC(=O)C(O)C(O)c1cc(C(F)(F)F)ccc1Br. The Morgan fingerprint density at radius 2 is 2.00 bits per heavy atom. The first-order valence-corrected chi connectivity index (χ1v) is 6.37. The van der Waals surface area contributed by atoms with E-state index < -0.39 is 29.9 Å². The summed E-state index contributed by atoms with van der Waals surface area (Å²) >= 11 is 2.96. The van der Waals surface area contributed by atoms with Crippen LogP contribution >= 0.6 is 15.9 Å². The molecule has 0 spiro atoms. The van der Waals surface area contributed by atoms with Gasteiger partial charge in [0.1, 0.15) is 6.10 Å². The Bertz CT molecular complexity index is 490. The number of esters is 1. The summed E-state index contributed by atoms with van der Waals surface area (Å²) in [5, 5.41) is 19.4. The number of carbonyl (C=O) groups is 1. The van der Waals surface area contributed by atoms with Crippen molar-refractivity contribution in [2.24, 2.45) is 0 Å². The van der Waals surface area contributed by atoms with E-state index in [1.165, 1.54) is 6.92 Å². The number of halogens is 4. The quantitative estimate of drug-likeness (QED) is 0.813. The fourth-order valence-corrected chi connectivity index (χ4v) is 1.95. The van der Waals surface area contributed by atoms with Gasteiger partial charge in [0.05, 0.1) is 12.2 Å². The van der Waals surface area contributed by atoms with Crippen LogP contribution in [-0.2, 0) is 15.7 Å². The highest BCUT2D eigenvalue weighted by molar-refractivity contribution is 9.10. The molecule has 1 aromatic carbocycles. The normalized spacial score (nSPS) is 14.8. The molecule has 0 aromatic heterocycles. The zero-order chi connectivity index (χ0) is 15.5. The zero-order valence-electron chi connectivity index (χ0n) is 10.3. The van der Waals surface area contributed by atoms with Crippen molar-refractivity contribution in [1.29, 1.82) is 0 Å². The first-order valence-electron chi connectivity index (χ1n) is 5.58. The van der Waals surface area contributed by atoms with Gasteiger partial charge in [0.25, 0.3) is 0 Å². The maximum absolute atomic E-state index is 12.6. The minimum absolute atomic E-state index is 0.0215. The summed E-state index contributed by atoms with van der Waals surface area (Å²) in [4.78, 5) is 11.3. The van der Waals surface area contributed by atoms with Crippen molar-refractivity contribution in [3.63, 3.8) is 0 Å². The van der Waals surface area contributed by atoms with Crippen molar-refractivity contribution >= 4 is 21.9 Å². The van der Waals surface area contributed by atoms with Gasteiger partial charge in [-0.3, -0.25) is 0 Å². The maximum Gasteiger partial charge on any atom is 0.416 e. The third-order valence-electron chi connectivity index (χ3n) is 2.47. The summed E-state index contributed by atoms with van der Waals surface area (Å²) in [6.45, 7) is 1.48. The number of aliphatic hydroxyl groups excluding tert-OH is 2. The number of carbonyl (C=O) groups excluding carboxylic acids is 1. The van der Waals surface area contributed by atoms with E-state index in [0.717, 1.165) is 12.1 Å². The molecule has 1 rings (SSSR count). The lowest BCUT2D eigenvalue weighted by Gasteiger charge is -2.19. The van der Waals surface area contributed by atoms with Crippen LogP contribution < -0.4 is 0 Å². The fourth-order valence-electron chi connectivity index (χ4n) is 1.47. The van der Waals surface area contributed by atoms with E-state index in [1.807, 2.05) is 0 Å². The fraction of sp³-hybridized carbons (Fsp3) is 0.417. The molecule has 0 amide bonds. The molecule has 1 aromatic rings. The molecule has 0 aliphatic rings. The smallest absolute Gasteiger partial charge is 0.416 e. The van der Waals surface area contributed by atoms with Gasteiger partial charge < -0.3 is 14.9 Å². The van der Waals surface area contributed by atoms with Crippen LogP contribution in [0.3, 0.4) is 0 Å². The maximum atomic E-state index is 12.6. The number of ether oxygens (including phenoxy) is 1. The van der Waals surface area contributed by atoms with Gasteiger partial charge in [0, 0.05) is 4.47 Å². The molecule has 0 heterocycles. The highest BCUT2D eigenvalue weighted by Crippen LogP contribution is 2.34.